The normalized spacial score (nSPS) is 58.2. The van der Waals surface area contributed by atoms with Crippen molar-refractivity contribution in [1.82, 2.24) is 0 Å². The van der Waals surface area contributed by atoms with Crippen LogP contribution in [0, 0.1) is 260 Å². The van der Waals surface area contributed by atoms with Gasteiger partial charge >= 0.3 is 29.8 Å². The minimum absolute atomic E-state index is 0.0384. The largest absolute Gasteiger partial charge is 0.463 e. The molecule has 23 aliphatic rings. The summed E-state index contributed by atoms with van der Waals surface area (Å²) < 4.78 is 27.9. The number of esters is 5. The zero-order chi connectivity index (χ0) is 72.1. The van der Waals surface area contributed by atoms with Crippen LogP contribution in [0.5, 0.6) is 0 Å². The molecule has 1 heterocycles. The monoisotopic (exact) mass is 1420 g/mol. The van der Waals surface area contributed by atoms with E-state index >= 15 is 0 Å². The number of carbonyl (C=O) groups is 5. The molecule has 23 fully saturated rings. The molecule has 0 amide bonds. The summed E-state index contributed by atoms with van der Waals surface area (Å²) in [5, 5.41) is 19.1. The SMILES string of the molecule is CC(O)COC(=O)C1CC2CC1C(C)C2C.CC1C(C)C2CC1C1C3CC(C(=O)OC(C)(C)C)C(C3)C21.CC1C(C)C2CC1C1C3CC(C(=O)OC4(C)C5CC6CC(C5)CC4C6)C(C3)C21.CC1C(C)C2CC1C1C3CC(C(=O)OC4CCOC4=O)C(C3)C21.CC1C(C)C2CC1C1C3CC(O)C(C3)C21. The third-order valence-corrected chi connectivity index (χ3v) is 39.6. The Morgan fingerprint density at radius 3 is 1.18 bits per heavy atom. The Balaban J connectivity index is 0.0000000937. The molecule has 12 nitrogen and oxygen atoms in total. The zero-order valence-electron chi connectivity index (χ0n) is 66.2. The summed E-state index contributed by atoms with van der Waals surface area (Å²) >= 11 is 0. The predicted molar refractivity (Wildman–Crippen MR) is 392 cm³/mol. The van der Waals surface area contributed by atoms with Gasteiger partial charge in [0.15, 0.2) is 0 Å². The summed E-state index contributed by atoms with van der Waals surface area (Å²) in [6, 6.07) is 0. The standard InChI is InChI=1S/C26H38O2.C19H26O4.C19H30O2.C14H22O.C13H22O3/c1-12-13(2)20-11-19(12)23-16-9-21(24(20)23)22(10-16)25(27)28-26(3)17-5-14-4-15(7-17)8-18(26)6-14;1-8-9(2)12-7-11(8)16-10-5-13(17(12)16)14(6-10)18(20)23-15-3-4-22-19(15)21;1-9-10(2)13-8-12(9)16-11-6-14(17(13)16)15(7-11)18(20)21-19(3,4)5;1-6-7(2)10-5-9(6)13-8-3-11(14(10)13)12(15)4-8;1-7(14)6-16-13(15)12-5-10-4-11(12)9(3)8(10)2/h12-24H,4-11H2,1-3H3;8-17H,3-7H2,1-2H3;9-17H,6-8H2,1-5H3;6-15H,3-5H2,1-2H3;7-12,14H,4-6H2,1-3H3. The lowest BCUT2D eigenvalue weighted by Crippen LogP contribution is -2.58. The lowest BCUT2D eigenvalue weighted by atomic mass is 9.50. The molecule has 0 aromatic rings. The second-order valence-corrected chi connectivity index (χ2v) is 43.7. The molecule has 0 aromatic heterocycles. The number of carbonyl (C=O) groups excluding carboxylic acids is 5. The molecule has 0 aromatic carbocycles. The van der Waals surface area contributed by atoms with E-state index in [-0.39, 0.29) is 77.4 Å². The van der Waals surface area contributed by atoms with Crippen LogP contribution in [0.1, 0.15) is 232 Å². The van der Waals surface area contributed by atoms with Gasteiger partial charge in [0.05, 0.1) is 42.5 Å². The number of rotatable bonds is 8. The summed E-state index contributed by atoms with van der Waals surface area (Å²) in [6.07, 6.45) is 23.8. The number of fused-ring (bicyclic) bond motifs is 38. The van der Waals surface area contributed by atoms with Crippen molar-refractivity contribution in [3.63, 3.8) is 0 Å². The summed E-state index contributed by atoms with van der Waals surface area (Å²) in [6.45, 7) is 34.7. The average Bonchev–Trinajstić information content (AvgIpc) is 1.64. The highest BCUT2D eigenvalue weighted by atomic mass is 16.6. The van der Waals surface area contributed by atoms with Gasteiger partial charge in [-0.2, -0.15) is 0 Å². The average molecular weight is 1420 g/mol. The fourth-order valence-corrected chi connectivity index (χ4v) is 35.0. The fourth-order valence-electron chi connectivity index (χ4n) is 35.0. The number of ether oxygens (including phenoxy) is 5. The van der Waals surface area contributed by atoms with Crippen LogP contribution < -0.4 is 0 Å². The first-order valence-corrected chi connectivity index (χ1v) is 44.3. The minimum Gasteiger partial charge on any atom is -0.463 e. The highest BCUT2D eigenvalue weighted by molar-refractivity contribution is 5.82. The van der Waals surface area contributed by atoms with Gasteiger partial charge < -0.3 is 33.9 Å². The van der Waals surface area contributed by atoms with E-state index in [0.29, 0.717) is 66.3 Å². The molecular formula is C91H138O12. The van der Waals surface area contributed by atoms with Gasteiger partial charge in [-0.1, -0.05) is 69.2 Å². The van der Waals surface area contributed by atoms with Gasteiger partial charge in [0.1, 0.15) is 17.8 Å². The third kappa shape index (κ3) is 11.1. The minimum atomic E-state index is -0.642. The second kappa shape index (κ2) is 25.9. The Morgan fingerprint density at radius 1 is 0.427 bits per heavy atom. The van der Waals surface area contributed by atoms with Gasteiger partial charge in [0.2, 0.25) is 6.10 Å². The second-order valence-electron chi connectivity index (χ2n) is 43.7. The first kappa shape index (κ1) is 71.9. The smallest absolute Gasteiger partial charge is 0.347 e. The Kier molecular flexibility index (Phi) is 18.1. The summed E-state index contributed by atoms with van der Waals surface area (Å²) in [5.41, 5.74) is -0.475. The first-order valence-electron chi connectivity index (χ1n) is 44.3. The molecule has 22 bridgehead atoms. The van der Waals surface area contributed by atoms with Crippen LogP contribution in [-0.4, -0.2) is 82.8 Å². The van der Waals surface area contributed by atoms with E-state index in [1.807, 2.05) is 20.8 Å². The van der Waals surface area contributed by atoms with Crippen LogP contribution in [0.15, 0.2) is 0 Å². The Hall–Kier alpha value is -2.73. The number of aliphatic hydroxyl groups is 2. The molecular weight excluding hydrogens is 1280 g/mol. The summed E-state index contributed by atoms with van der Waals surface area (Å²) in [7, 11) is 0. The van der Waals surface area contributed by atoms with Crippen molar-refractivity contribution in [1.29, 1.82) is 0 Å². The quantitative estimate of drug-likeness (QED) is 0.134. The molecule has 574 valence electrons. The van der Waals surface area contributed by atoms with E-state index in [2.05, 4.69) is 76.2 Å². The highest BCUT2D eigenvalue weighted by Crippen LogP contribution is 2.76. The molecule has 23 rings (SSSR count). The summed E-state index contributed by atoms with van der Waals surface area (Å²) in [5.74, 6) is 33.7. The van der Waals surface area contributed by atoms with Crippen LogP contribution >= 0.6 is 0 Å². The molecule has 1 saturated heterocycles. The Bertz CT molecular complexity index is 3230. The number of hydrogen-bond acceptors (Lipinski definition) is 12. The Morgan fingerprint density at radius 2 is 0.786 bits per heavy atom. The topological polar surface area (TPSA) is 172 Å². The van der Waals surface area contributed by atoms with Crippen molar-refractivity contribution in [2.24, 2.45) is 260 Å². The van der Waals surface area contributed by atoms with Gasteiger partial charge in [-0.25, -0.2) is 4.79 Å². The van der Waals surface area contributed by atoms with E-state index in [1.54, 1.807) is 6.92 Å². The Labute approximate surface area is 619 Å². The number of aliphatic hydroxyl groups excluding tert-OH is 2. The van der Waals surface area contributed by atoms with Crippen LogP contribution in [-0.2, 0) is 47.7 Å². The van der Waals surface area contributed by atoms with Crippen molar-refractivity contribution >= 4 is 29.8 Å². The van der Waals surface area contributed by atoms with Gasteiger partial charge in [-0.05, 0) is 393 Å². The molecule has 103 heavy (non-hydrogen) atoms. The molecule has 2 N–H and O–H groups in total. The zero-order valence-corrected chi connectivity index (χ0v) is 66.2. The van der Waals surface area contributed by atoms with E-state index in [1.165, 1.54) is 89.9 Å². The molecule has 0 radical (unpaired) electrons. The molecule has 22 saturated carbocycles. The van der Waals surface area contributed by atoms with Gasteiger partial charge in [0, 0.05) is 6.42 Å². The fraction of sp³-hybridized carbons (Fsp3) is 0.945. The lowest BCUT2D eigenvalue weighted by Gasteiger charge is -2.59. The molecule has 1 aliphatic heterocycles. The van der Waals surface area contributed by atoms with Gasteiger partial charge in [0.25, 0.3) is 0 Å². The predicted octanol–water partition coefficient (Wildman–Crippen LogP) is 16.7. The highest BCUT2D eigenvalue weighted by Gasteiger charge is 2.72. The van der Waals surface area contributed by atoms with E-state index in [0.717, 1.165) is 216 Å². The molecule has 12 heteroatoms. The van der Waals surface area contributed by atoms with Crippen LogP contribution in [0.4, 0.5) is 0 Å². The van der Waals surface area contributed by atoms with E-state index in [9.17, 15) is 29.1 Å². The summed E-state index contributed by atoms with van der Waals surface area (Å²) in [4.78, 5) is 62.2. The van der Waals surface area contributed by atoms with E-state index < -0.39 is 12.2 Å². The maximum absolute atomic E-state index is 13.6. The molecule has 43 atom stereocenters. The molecule has 22 aliphatic carbocycles. The van der Waals surface area contributed by atoms with Crippen molar-refractivity contribution < 1.29 is 57.9 Å². The first-order chi connectivity index (χ1) is 49.0. The van der Waals surface area contributed by atoms with Crippen molar-refractivity contribution in [3.05, 3.63) is 0 Å². The third-order valence-electron chi connectivity index (χ3n) is 39.6. The van der Waals surface area contributed by atoms with Gasteiger partial charge in [-0.15, -0.1) is 0 Å². The van der Waals surface area contributed by atoms with Crippen LogP contribution in [0.2, 0.25) is 0 Å². The van der Waals surface area contributed by atoms with Crippen LogP contribution in [0.25, 0.3) is 0 Å². The van der Waals surface area contributed by atoms with Gasteiger partial charge in [-0.3, -0.25) is 19.2 Å². The molecule has 43 unspecified atom stereocenters. The molecule has 0 spiro atoms. The lowest BCUT2D eigenvalue weighted by molar-refractivity contribution is -0.209. The number of hydrogen-bond donors (Lipinski definition) is 2. The maximum Gasteiger partial charge on any atom is 0.347 e. The van der Waals surface area contributed by atoms with E-state index in [4.69, 9.17) is 28.8 Å². The maximum atomic E-state index is 13.6. The van der Waals surface area contributed by atoms with Crippen LogP contribution in [0.3, 0.4) is 0 Å². The van der Waals surface area contributed by atoms with Crippen molar-refractivity contribution in [2.45, 2.75) is 262 Å². The van der Waals surface area contributed by atoms with Crippen molar-refractivity contribution in [2.75, 3.05) is 13.2 Å². The van der Waals surface area contributed by atoms with Crippen molar-refractivity contribution in [3.8, 4) is 0 Å². The number of cyclic esters (lactones) is 1.